The molecule has 0 radical (unpaired) electrons. The number of nitrogens with zero attached hydrogens (tertiary/aromatic N) is 2. The molecule has 43 heavy (non-hydrogen) atoms. The monoisotopic (exact) mass is 588 g/mol. The lowest BCUT2D eigenvalue weighted by Crippen LogP contribution is -2.29. The minimum Gasteiger partial charge on any atom is -0.507 e. The van der Waals surface area contributed by atoms with Crippen molar-refractivity contribution in [3.05, 3.63) is 124 Å². The molecule has 2 aliphatic heterocycles. The van der Waals surface area contributed by atoms with Crippen molar-refractivity contribution in [2.45, 2.75) is 39.0 Å². The molecule has 2 atom stereocenters. The Bertz CT molecular complexity index is 1930. The molecule has 4 aromatic carbocycles. The fourth-order valence-electron chi connectivity index (χ4n) is 5.71. The first-order valence-corrected chi connectivity index (χ1v) is 14.9. The molecule has 0 bridgehead atoms. The average molecular weight is 589 g/mol. The standard InChI is InChI=1S/C35H28N2O5S/c1-20-11-13-27-29(15-20)43-35(36-27)37-31(23-9-6-10-26(18-23)41-19-22-7-4-3-5-8-22)30(33(39)34(37)40)32(38)24-12-14-28-25(17-24)16-21(2)42-28/h3-15,17-18,21,31,38H,16,19H2,1-2H3/b32-30+. The lowest BCUT2D eigenvalue weighted by Gasteiger charge is -2.23. The highest BCUT2D eigenvalue weighted by atomic mass is 32.1. The van der Waals surface area contributed by atoms with E-state index in [0.29, 0.717) is 35.0 Å². The van der Waals surface area contributed by atoms with Gasteiger partial charge in [0.1, 0.15) is 30.0 Å². The second kappa shape index (κ2) is 10.7. The van der Waals surface area contributed by atoms with E-state index >= 15 is 0 Å². The molecule has 2 aliphatic rings. The highest BCUT2D eigenvalue weighted by Gasteiger charge is 2.48. The topological polar surface area (TPSA) is 89.0 Å². The Balaban J connectivity index is 1.35. The van der Waals surface area contributed by atoms with Gasteiger partial charge in [-0.1, -0.05) is 59.9 Å². The van der Waals surface area contributed by atoms with Crippen molar-refractivity contribution >= 4 is 44.1 Å². The van der Waals surface area contributed by atoms with Crippen LogP contribution in [0, 0.1) is 6.92 Å². The van der Waals surface area contributed by atoms with Crippen LogP contribution in [0.4, 0.5) is 5.13 Å². The maximum atomic E-state index is 13.8. The Morgan fingerprint density at radius 3 is 2.70 bits per heavy atom. The Hall–Kier alpha value is -4.95. The van der Waals surface area contributed by atoms with Gasteiger partial charge in [0.25, 0.3) is 5.78 Å². The molecule has 214 valence electrons. The minimum absolute atomic E-state index is 0.00700. The molecule has 7 rings (SSSR count). The number of carbonyl (C=O) groups excluding carboxylic acids is 2. The summed E-state index contributed by atoms with van der Waals surface area (Å²) in [5, 5.41) is 12.1. The maximum absolute atomic E-state index is 13.8. The zero-order valence-electron chi connectivity index (χ0n) is 23.6. The Labute approximate surface area is 252 Å². The molecule has 0 spiro atoms. The minimum atomic E-state index is -0.912. The van der Waals surface area contributed by atoms with E-state index in [0.717, 1.165) is 32.7 Å². The average Bonchev–Trinajstić information content (AvgIpc) is 3.68. The number of fused-ring (bicyclic) bond motifs is 2. The molecule has 1 aromatic heterocycles. The zero-order chi connectivity index (χ0) is 29.7. The number of aliphatic hydroxyl groups is 1. The van der Waals surface area contributed by atoms with Crippen molar-refractivity contribution in [3.63, 3.8) is 0 Å². The number of hydrogen-bond donors (Lipinski definition) is 1. The second-order valence-corrected chi connectivity index (χ2v) is 11.9. The third kappa shape index (κ3) is 4.93. The van der Waals surface area contributed by atoms with Gasteiger partial charge in [-0.15, -0.1) is 0 Å². The lowest BCUT2D eigenvalue weighted by atomic mass is 9.94. The molecule has 8 heteroatoms. The van der Waals surface area contributed by atoms with Gasteiger partial charge in [0.05, 0.1) is 21.8 Å². The highest BCUT2D eigenvalue weighted by Crippen LogP contribution is 2.45. The van der Waals surface area contributed by atoms with Gasteiger partial charge in [-0.05, 0) is 78.6 Å². The molecule has 1 amide bonds. The van der Waals surface area contributed by atoms with Crippen LogP contribution in [0.25, 0.3) is 16.0 Å². The van der Waals surface area contributed by atoms with Crippen LogP contribution >= 0.6 is 11.3 Å². The molecule has 2 unspecified atom stereocenters. The smallest absolute Gasteiger partial charge is 0.301 e. The van der Waals surface area contributed by atoms with Crippen LogP contribution in [-0.4, -0.2) is 27.9 Å². The molecule has 1 N–H and O–H groups in total. The van der Waals surface area contributed by atoms with Crippen LogP contribution in [0.15, 0.2) is 96.6 Å². The summed E-state index contributed by atoms with van der Waals surface area (Å²) in [6.07, 6.45) is 0.722. The number of rotatable bonds is 6. The summed E-state index contributed by atoms with van der Waals surface area (Å²) < 4.78 is 12.8. The van der Waals surface area contributed by atoms with E-state index in [2.05, 4.69) is 0 Å². The van der Waals surface area contributed by atoms with Crippen LogP contribution in [0.1, 0.15) is 40.8 Å². The predicted molar refractivity (Wildman–Crippen MR) is 167 cm³/mol. The maximum Gasteiger partial charge on any atom is 0.301 e. The van der Waals surface area contributed by atoms with Crippen molar-refractivity contribution < 1.29 is 24.2 Å². The number of aromatic nitrogens is 1. The Morgan fingerprint density at radius 2 is 1.86 bits per heavy atom. The fourth-order valence-corrected chi connectivity index (χ4v) is 6.80. The van der Waals surface area contributed by atoms with Gasteiger partial charge in [0.15, 0.2) is 5.13 Å². The van der Waals surface area contributed by atoms with E-state index in [9.17, 15) is 14.7 Å². The summed E-state index contributed by atoms with van der Waals surface area (Å²) in [5.74, 6) is -0.403. The third-order valence-corrected chi connectivity index (χ3v) is 8.79. The second-order valence-electron chi connectivity index (χ2n) is 10.9. The summed E-state index contributed by atoms with van der Waals surface area (Å²) in [5.41, 5.74) is 4.85. The number of carbonyl (C=O) groups is 2. The molecule has 1 saturated heterocycles. The fraction of sp³-hybridized carbons (Fsp3) is 0.171. The number of aryl methyl sites for hydroxylation is 1. The van der Waals surface area contributed by atoms with Crippen molar-refractivity contribution in [2.75, 3.05) is 4.90 Å². The van der Waals surface area contributed by atoms with E-state index in [-0.39, 0.29) is 17.4 Å². The number of hydrogen-bond acceptors (Lipinski definition) is 7. The molecule has 3 heterocycles. The first-order chi connectivity index (χ1) is 20.9. The van der Waals surface area contributed by atoms with Crippen molar-refractivity contribution in [1.82, 2.24) is 4.98 Å². The SMILES string of the molecule is Cc1ccc2nc(N3C(=O)C(=O)/C(=C(/O)c4ccc5c(c4)CC(C)O5)C3c3cccc(OCc4ccccc4)c3)sc2c1. The van der Waals surface area contributed by atoms with Crippen molar-refractivity contribution in [1.29, 1.82) is 0 Å². The van der Waals surface area contributed by atoms with E-state index in [1.54, 1.807) is 12.1 Å². The van der Waals surface area contributed by atoms with Gasteiger partial charge in [0.2, 0.25) is 0 Å². The first-order valence-electron chi connectivity index (χ1n) is 14.1. The van der Waals surface area contributed by atoms with Gasteiger partial charge in [-0.25, -0.2) is 4.98 Å². The van der Waals surface area contributed by atoms with E-state index in [1.165, 1.54) is 16.2 Å². The van der Waals surface area contributed by atoms with E-state index < -0.39 is 17.7 Å². The van der Waals surface area contributed by atoms with Gasteiger partial charge >= 0.3 is 5.91 Å². The van der Waals surface area contributed by atoms with Crippen molar-refractivity contribution in [3.8, 4) is 11.5 Å². The van der Waals surface area contributed by atoms with Crippen LogP contribution in [0.5, 0.6) is 11.5 Å². The molecule has 7 nitrogen and oxygen atoms in total. The van der Waals surface area contributed by atoms with Gasteiger partial charge < -0.3 is 14.6 Å². The van der Waals surface area contributed by atoms with Crippen LogP contribution < -0.4 is 14.4 Å². The Morgan fingerprint density at radius 1 is 1.02 bits per heavy atom. The van der Waals surface area contributed by atoms with Gasteiger partial charge in [-0.2, -0.15) is 0 Å². The summed E-state index contributed by atoms with van der Waals surface area (Å²) in [6, 6.07) is 27.4. The van der Waals surface area contributed by atoms with Crippen molar-refractivity contribution in [2.24, 2.45) is 0 Å². The number of Topliss-reactive ketones (excluding diaryl/α,β-unsaturated/α-hetero) is 1. The lowest BCUT2D eigenvalue weighted by molar-refractivity contribution is -0.132. The molecule has 5 aromatic rings. The molecule has 0 aliphatic carbocycles. The summed E-state index contributed by atoms with van der Waals surface area (Å²) in [4.78, 5) is 33.6. The summed E-state index contributed by atoms with van der Waals surface area (Å²) in [7, 11) is 0. The number of ether oxygens (including phenoxy) is 2. The number of amides is 1. The number of anilines is 1. The number of thiazole rings is 1. The van der Waals surface area contributed by atoms with Gasteiger partial charge in [-0.3, -0.25) is 14.5 Å². The first kappa shape index (κ1) is 26.9. The number of aliphatic hydroxyl groups excluding tert-OH is 1. The number of ketones is 1. The zero-order valence-corrected chi connectivity index (χ0v) is 24.4. The number of benzene rings is 4. The summed E-state index contributed by atoms with van der Waals surface area (Å²) >= 11 is 1.34. The molecule has 1 fully saturated rings. The van der Waals surface area contributed by atoms with Crippen LogP contribution in [0.3, 0.4) is 0 Å². The van der Waals surface area contributed by atoms with Gasteiger partial charge in [0, 0.05) is 12.0 Å². The Kier molecular flexibility index (Phi) is 6.70. The molecular weight excluding hydrogens is 560 g/mol. The highest BCUT2D eigenvalue weighted by molar-refractivity contribution is 7.22. The third-order valence-electron chi connectivity index (χ3n) is 7.77. The summed E-state index contributed by atoms with van der Waals surface area (Å²) in [6.45, 7) is 4.34. The normalized spacial score (nSPS) is 19.1. The quantitative estimate of drug-likeness (QED) is 0.129. The largest absolute Gasteiger partial charge is 0.507 e. The van der Waals surface area contributed by atoms with E-state index in [1.807, 2.05) is 92.7 Å². The predicted octanol–water partition coefficient (Wildman–Crippen LogP) is 7.13. The molecule has 0 saturated carbocycles. The van der Waals surface area contributed by atoms with E-state index in [4.69, 9.17) is 14.5 Å². The molecular formula is C35H28N2O5S. The van der Waals surface area contributed by atoms with Crippen LogP contribution in [0.2, 0.25) is 0 Å². The van der Waals surface area contributed by atoms with Crippen LogP contribution in [-0.2, 0) is 22.6 Å².